The molecule has 0 bridgehead atoms. The Morgan fingerprint density at radius 3 is 1.12 bits per heavy atom. The largest absolute Gasteiger partial charge is 0.289 e. The van der Waals surface area contributed by atoms with Crippen LogP contribution >= 0.6 is 0 Å². The fourth-order valence-corrected chi connectivity index (χ4v) is 5.52. The van der Waals surface area contributed by atoms with Gasteiger partial charge in [0.25, 0.3) is 0 Å². The Morgan fingerprint density at radius 2 is 0.725 bits per heavy atom. The van der Waals surface area contributed by atoms with Crippen LogP contribution in [0.1, 0.15) is 106 Å². The van der Waals surface area contributed by atoms with E-state index in [9.17, 15) is 4.79 Å². The van der Waals surface area contributed by atoms with Gasteiger partial charge in [0.1, 0.15) is 0 Å². The van der Waals surface area contributed by atoms with Crippen molar-refractivity contribution in [3.8, 4) is 11.1 Å². The third kappa shape index (κ3) is 5.22. The molecule has 5 rings (SSSR count). The van der Waals surface area contributed by atoms with Gasteiger partial charge in [0, 0.05) is 16.7 Å². The lowest BCUT2D eigenvalue weighted by Crippen LogP contribution is -2.11. The third-order valence-corrected chi connectivity index (χ3v) is 8.17. The van der Waals surface area contributed by atoms with Crippen LogP contribution in [0.25, 0.3) is 22.3 Å². The Labute approximate surface area is 241 Å². The molecule has 0 unspecified atom stereocenters. The highest BCUT2D eigenvalue weighted by Gasteiger charge is 2.32. The van der Waals surface area contributed by atoms with Gasteiger partial charge in [0.15, 0.2) is 5.78 Å². The van der Waals surface area contributed by atoms with Gasteiger partial charge in [-0.25, -0.2) is 0 Å². The Morgan fingerprint density at radius 1 is 0.375 bits per heavy atom. The van der Waals surface area contributed by atoms with Crippen LogP contribution in [0.15, 0.2) is 91.0 Å². The lowest BCUT2D eigenvalue weighted by atomic mass is 9.84. The van der Waals surface area contributed by atoms with Gasteiger partial charge >= 0.3 is 0 Å². The van der Waals surface area contributed by atoms with E-state index in [2.05, 4.69) is 147 Å². The Kier molecular flexibility index (Phi) is 6.78. The molecule has 0 atom stereocenters. The lowest BCUT2D eigenvalue weighted by molar-refractivity contribution is 0.105. The first kappa shape index (κ1) is 27.8. The number of fused-ring (bicyclic) bond motifs is 1. The minimum absolute atomic E-state index is 0.0542. The topological polar surface area (TPSA) is 17.1 Å². The first-order valence-electron chi connectivity index (χ1n) is 14.4. The summed E-state index contributed by atoms with van der Waals surface area (Å²) >= 11 is 0. The van der Waals surface area contributed by atoms with E-state index in [1.54, 1.807) is 0 Å². The highest BCUT2D eigenvalue weighted by Crippen LogP contribution is 2.44. The number of ketones is 1. The molecule has 40 heavy (non-hydrogen) atoms. The molecule has 1 heteroatoms. The minimum Gasteiger partial charge on any atom is -0.289 e. The maximum absolute atomic E-state index is 14.0. The zero-order chi connectivity index (χ0) is 29.0. The van der Waals surface area contributed by atoms with Crippen molar-refractivity contribution >= 4 is 16.9 Å². The maximum Gasteiger partial charge on any atom is 0.194 e. The summed E-state index contributed by atoms with van der Waals surface area (Å²) in [7, 11) is 0. The Hall–Kier alpha value is -3.71. The first-order valence-corrected chi connectivity index (χ1v) is 14.4. The molecular formula is C39H42O. The van der Waals surface area contributed by atoms with Crippen LogP contribution in [0.4, 0.5) is 0 Å². The van der Waals surface area contributed by atoms with Crippen molar-refractivity contribution in [1.82, 2.24) is 0 Å². The van der Waals surface area contributed by atoms with Crippen molar-refractivity contribution in [2.24, 2.45) is 0 Å². The van der Waals surface area contributed by atoms with Crippen molar-refractivity contribution in [1.29, 1.82) is 0 Å². The standard InChI is InChI=1S/C39H42O/c1-37(2,3)29-17-10-25(11-18-29)28-16-23-32-33(24-28)34(26-12-19-30(20-13-26)38(4,5)6)35(36(32)40)27-14-21-31(22-15-27)39(7,8)9/h10-24H,1-9H3. The molecule has 0 amide bonds. The molecule has 1 aliphatic carbocycles. The van der Waals surface area contributed by atoms with Gasteiger partial charge in [-0.1, -0.05) is 141 Å². The Bertz CT molecular complexity index is 1590. The number of hydrogen-bond donors (Lipinski definition) is 0. The van der Waals surface area contributed by atoms with E-state index in [1.807, 2.05) is 6.07 Å². The second-order valence-electron chi connectivity index (χ2n) is 14.3. The SMILES string of the molecule is CC(C)(C)c1ccc(C2=C(c3ccc(C(C)(C)C)cc3)c3cc(-c4ccc(C(C)(C)C)cc4)ccc3C2=O)cc1. The monoisotopic (exact) mass is 526 g/mol. The van der Waals surface area contributed by atoms with Crippen LogP contribution < -0.4 is 0 Å². The molecule has 0 fully saturated rings. The number of allylic oxidation sites excluding steroid dienone is 1. The predicted octanol–water partition coefficient (Wildman–Crippen LogP) is 10.4. The maximum atomic E-state index is 14.0. The van der Waals surface area contributed by atoms with E-state index in [0.29, 0.717) is 0 Å². The molecule has 4 aromatic carbocycles. The molecule has 4 aromatic rings. The smallest absolute Gasteiger partial charge is 0.194 e. The summed E-state index contributed by atoms with van der Waals surface area (Å²) in [5.74, 6) is 0.100. The average Bonchev–Trinajstić information content (AvgIpc) is 3.19. The summed E-state index contributed by atoms with van der Waals surface area (Å²) in [6, 6.07) is 32.5. The molecule has 0 saturated carbocycles. The summed E-state index contributed by atoms with van der Waals surface area (Å²) < 4.78 is 0. The van der Waals surface area contributed by atoms with E-state index in [4.69, 9.17) is 0 Å². The normalized spacial score (nSPS) is 14.1. The quantitative estimate of drug-likeness (QED) is 0.259. The molecule has 1 nitrogen and oxygen atoms in total. The van der Waals surface area contributed by atoms with E-state index >= 15 is 0 Å². The number of benzene rings is 4. The number of rotatable bonds is 3. The van der Waals surface area contributed by atoms with E-state index in [0.717, 1.165) is 44.5 Å². The summed E-state index contributed by atoms with van der Waals surface area (Å²) in [6.45, 7) is 20.1. The molecular weight excluding hydrogens is 484 g/mol. The van der Waals surface area contributed by atoms with Gasteiger partial charge < -0.3 is 0 Å². The fraction of sp³-hybridized carbons (Fsp3) is 0.308. The van der Waals surface area contributed by atoms with Crippen molar-refractivity contribution in [3.63, 3.8) is 0 Å². The van der Waals surface area contributed by atoms with Crippen LogP contribution in [0.5, 0.6) is 0 Å². The third-order valence-electron chi connectivity index (χ3n) is 8.17. The number of Topliss-reactive ketones (excluding diaryl/α,β-unsaturated/α-hetero) is 1. The fourth-order valence-electron chi connectivity index (χ4n) is 5.52. The van der Waals surface area contributed by atoms with E-state index in [1.165, 1.54) is 16.7 Å². The molecule has 0 heterocycles. The van der Waals surface area contributed by atoms with Gasteiger partial charge in [0.05, 0.1) is 0 Å². The molecule has 0 N–H and O–H groups in total. The second-order valence-corrected chi connectivity index (χ2v) is 14.3. The zero-order valence-corrected chi connectivity index (χ0v) is 25.6. The molecule has 0 aromatic heterocycles. The Balaban J connectivity index is 1.68. The lowest BCUT2D eigenvalue weighted by Gasteiger charge is -2.20. The van der Waals surface area contributed by atoms with Gasteiger partial charge in [-0.2, -0.15) is 0 Å². The average molecular weight is 527 g/mol. The van der Waals surface area contributed by atoms with Crippen LogP contribution in [0.3, 0.4) is 0 Å². The summed E-state index contributed by atoms with van der Waals surface area (Å²) in [5.41, 5.74) is 12.0. The molecule has 1 aliphatic rings. The summed E-state index contributed by atoms with van der Waals surface area (Å²) in [5, 5.41) is 0. The highest BCUT2D eigenvalue weighted by molar-refractivity contribution is 6.41. The van der Waals surface area contributed by atoms with Crippen molar-refractivity contribution in [3.05, 3.63) is 130 Å². The predicted molar refractivity (Wildman–Crippen MR) is 171 cm³/mol. The second kappa shape index (κ2) is 9.73. The van der Waals surface area contributed by atoms with Gasteiger partial charge in [-0.05, 0) is 72.9 Å². The number of hydrogen-bond acceptors (Lipinski definition) is 1. The molecule has 0 aliphatic heterocycles. The van der Waals surface area contributed by atoms with Crippen LogP contribution in [0, 0.1) is 0 Å². The van der Waals surface area contributed by atoms with Crippen molar-refractivity contribution in [2.45, 2.75) is 78.6 Å². The summed E-state index contributed by atoms with van der Waals surface area (Å²) in [4.78, 5) is 14.0. The van der Waals surface area contributed by atoms with Crippen molar-refractivity contribution < 1.29 is 4.79 Å². The van der Waals surface area contributed by atoms with Crippen LogP contribution in [-0.2, 0) is 16.2 Å². The minimum atomic E-state index is 0.0542. The van der Waals surface area contributed by atoms with Gasteiger partial charge in [-0.15, -0.1) is 0 Å². The van der Waals surface area contributed by atoms with E-state index in [-0.39, 0.29) is 22.0 Å². The van der Waals surface area contributed by atoms with Gasteiger partial charge in [-0.3, -0.25) is 4.79 Å². The number of carbonyl (C=O) groups is 1. The van der Waals surface area contributed by atoms with Gasteiger partial charge in [0.2, 0.25) is 0 Å². The zero-order valence-electron chi connectivity index (χ0n) is 25.6. The molecule has 204 valence electrons. The number of carbonyl (C=O) groups excluding carboxylic acids is 1. The van der Waals surface area contributed by atoms with Crippen LogP contribution in [-0.4, -0.2) is 5.78 Å². The molecule has 0 radical (unpaired) electrons. The summed E-state index contributed by atoms with van der Waals surface area (Å²) in [6.07, 6.45) is 0. The first-order chi connectivity index (χ1) is 18.6. The molecule has 0 spiro atoms. The highest BCUT2D eigenvalue weighted by atomic mass is 16.1. The van der Waals surface area contributed by atoms with E-state index < -0.39 is 0 Å². The van der Waals surface area contributed by atoms with Crippen molar-refractivity contribution in [2.75, 3.05) is 0 Å². The molecule has 0 saturated heterocycles. The van der Waals surface area contributed by atoms with Crippen LogP contribution in [0.2, 0.25) is 0 Å².